The van der Waals surface area contributed by atoms with E-state index < -0.39 is 29.8 Å². The maximum Gasteiger partial charge on any atom is 0.425 e. The Bertz CT molecular complexity index is 277. The molecule has 0 aromatic rings. The van der Waals surface area contributed by atoms with Gasteiger partial charge in [0.2, 0.25) is 0 Å². The summed E-state index contributed by atoms with van der Waals surface area (Å²) >= 11 is 0. The van der Waals surface area contributed by atoms with Gasteiger partial charge in [-0.15, -0.1) is 0 Å². The SMILES string of the molecule is CC(OC(=O)C(=O)OC(C)(C)C)C(F)(F)F. The molecule has 0 radical (unpaired) electrons. The largest absolute Gasteiger partial charge is 0.452 e. The predicted octanol–water partition coefficient (Wildman–Crippen LogP) is 1.82. The maximum atomic E-state index is 12.0. The van der Waals surface area contributed by atoms with Gasteiger partial charge in [-0.05, 0) is 27.7 Å². The van der Waals surface area contributed by atoms with E-state index in [9.17, 15) is 22.8 Å². The van der Waals surface area contributed by atoms with Crippen molar-refractivity contribution in [1.29, 1.82) is 0 Å². The molecule has 0 saturated carbocycles. The highest BCUT2D eigenvalue weighted by Gasteiger charge is 2.40. The number of esters is 2. The van der Waals surface area contributed by atoms with Gasteiger partial charge in [0, 0.05) is 0 Å². The third-order valence-electron chi connectivity index (χ3n) is 1.31. The van der Waals surface area contributed by atoms with Gasteiger partial charge < -0.3 is 9.47 Å². The molecule has 0 N–H and O–H groups in total. The maximum absolute atomic E-state index is 12.0. The van der Waals surface area contributed by atoms with Crippen LogP contribution >= 0.6 is 0 Å². The summed E-state index contributed by atoms with van der Waals surface area (Å²) in [4.78, 5) is 21.8. The van der Waals surface area contributed by atoms with Crippen molar-refractivity contribution in [2.45, 2.75) is 45.6 Å². The first-order chi connectivity index (χ1) is 6.93. The first-order valence-electron chi connectivity index (χ1n) is 4.44. The number of hydrogen-bond donors (Lipinski definition) is 0. The van der Waals surface area contributed by atoms with Gasteiger partial charge >= 0.3 is 18.1 Å². The Balaban J connectivity index is 4.33. The Morgan fingerprint density at radius 2 is 1.50 bits per heavy atom. The van der Waals surface area contributed by atoms with Gasteiger partial charge in [0.15, 0.2) is 6.10 Å². The number of carbonyl (C=O) groups is 2. The molecule has 0 rings (SSSR count). The van der Waals surface area contributed by atoms with E-state index >= 15 is 0 Å². The van der Waals surface area contributed by atoms with E-state index in [-0.39, 0.29) is 0 Å². The molecule has 0 spiro atoms. The quantitative estimate of drug-likeness (QED) is 0.520. The molecule has 0 aliphatic carbocycles. The van der Waals surface area contributed by atoms with Crippen LogP contribution in [0, 0.1) is 0 Å². The number of rotatable bonds is 1. The highest BCUT2D eigenvalue weighted by molar-refractivity contribution is 6.29. The molecule has 0 heterocycles. The first-order valence-corrected chi connectivity index (χ1v) is 4.44. The van der Waals surface area contributed by atoms with Crippen molar-refractivity contribution < 1.29 is 32.2 Å². The van der Waals surface area contributed by atoms with Gasteiger partial charge in [0.05, 0.1) is 0 Å². The summed E-state index contributed by atoms with van der Waals surface area (Å²) in [6.45, 7) is 5.06. The number of hydrogen-bond acceptors (Lipinski definition) is 4. The number of halogens is 3. The molecular weight excluding hydrogens is 229 g/mol. The highest BCUT2D eigenvalue weighted by atomic mass is 19.4. The van der Waals surface area contributed by atoms with Gasteiger partial charge in [0.1, 0.15) is 5.60 Å². The fraction of sp³-hybridized carbons (Fsp3) is 0.778. The van der Waals surface area contributed by atoms with Gasteiger partial charge in [-0.1, -0.05) is 0 Å². The molecule has 0 bridgehead atoms. The lowest BCUT2D eigenvalue weighted by molar-refractivity contribution is -0.219. The summed E-state index contributed by atoms with van der Waals surface area (Å²) in [6.07, 6.45) is -7.04. The lowest BCUT2D eigenvalue weighted by Crippen LogP contribution is -2.36. The van der Waals surface area contributed by atoms with Crippen LogP contribution in [-0.2, 0) is 19.1 Å². The zero-order chi connectivity index (χ0) is 13.1. The normalized spacial score (nSPS) is 14.2. The Hall–Kier alpha value is -1.27. The minimum Gasteiger partial charge on any atom is -0.452 e. The minimum absolute atomic E-state index is 0.627. The van der Waals surface area contributed by atoms with Crippen molar-refractivity contribution in [3.05, 3.63) is 0 Å². The van der Waals surface area contributed by atoms with Crippen LogP contribution in [0.3, 0.4) is 0 Å². The van der Waals surface area contributed by atoms with Crippen molar-refractivity contribution in [1.82, 2.24) is 0 Å². The molecule has 7 heteroatoms. The fourth-order valence-electron chi connectivity index (χ4n) is 0.595. The molecule has 0 aliphatic rings. The molecule has 0 fully saturated rings. The Morgan fingerprint density at radius 3 is 1.81 bits per heavy atom. The highest BCUT2D eigenvalue weighted by Crippen LogP contribution is 2.22. The molecule has 16 heavy (non-hydrogen) atoms. The minimum atomic E-state index is -4.70. The van der Waals surface area contributed by atoms with E-state index in [4.69, 9.17) is 0 Å². The molecule has 1 unspecified atom stereocenters. The third kappa shape index (κ3) is 5.57. The van der Waals surface area contributed by atoms with Crippen molar-refractivity contribution in [3.8, 4) is 0 Å². The van der Waals surface area contributed by atoms with Crippen molar-refractivity contribution in [2.75, 3.05) is 0 Å². The van der Waals surface area contributed by atoms with Crippen LogP contribution in [-0.4, -0.2) is 29.8 Å². The Kier molecular flexibility index (Phi) is 4.34. The lowest BCUT2D eigenvalue weighted by Gasteiger charge is -2.20. The molecule has 0 amide bonds. The number of alkyl halides is 3. The summed E-state index contributed by atoms with van der Waals surface area (Å²) in [5, 5.41) is 0. The summed E-state index contributed by atoms with van der Waals surface area (Å²) < 4.78 is 44.4. The second-order valence-electron chi connectivity index (χ2n) is 4.09. The van der Waals surface area contributed by atoms with Gasteiger partial charge in [-0.25, -0.2) is 9.59 Å². The van der Waals surface area contributed by atoms with Crippen LogP contribution in [0.25, 0.3) is 0 Å². The van der Waals surface area contributed by atoms with Crippen LogP contribution in [0.1, 0.15) is 27.7 Å². The lowest BCUT2D eigenvalue weighted by atomic mass is 10.2. The van der Waals surface area contributed by atoms with Crippen LogP contribution in [0.2, 0.25) is 0 Å². The predicted molar refractivity (Wildman–Crippen MR) is 47.5 cm³/mol. The average Bonchev–Trinajstić information content (AvgIpc) is 1.98. The first kappa shape index (κ1) is 14.7. The van der Waals surface area contributed by atoms with E-state index in [2.05, 4.69) is 9.47 Å². The second kappa shape index (κ2) is 4.71. The zero-order valence-electron chi connectivity index (χ0n) is 9.34. The molecule has 0 aromatic carbocycles. The molecule has 0 aromatic heterocycles. The average molecular weight is 242 g/mol. The van der Waals surface area contributed by atoms with Crippen LogP contribution < -0.4 is 0 Å². The monoisotopic (exact) mass is 242 g/mol. The molecule has 94 valence electrons. The Labute approximate surface area is 90.7 Å². The molecule has 0 saturated heterocycles. The van der Waals surface area contributed by atoms with E-state index in [0.717, 1.165) is 0 Å². The van der Waals surface area contributed by atoms with Crippen molar-refractivity contribution in [2.24, 2.45) is 0 Å². The number of ether oxygens (including phenoxy) is 2. The molecular formula is C9H13F3O4. The van der Waals surface area contributed by atoms with Gasteiger partial charge in [-0.2, -0.15) is 13.2 Å². The topological polar surface area (TPSA) is 52.6 Å². The molecule has 4 nitrogen and oxygen atoms in total. The summed E-state index contributed by atoms with van der Waals surface area (Å²) in [5.41, 5.74) is -0.961. The van der Waals surface area contributed by atoms with Gasteiger partial charge in [0.25, 0.3) is 0 Å². The smallest absolute Gasteiger partial charge is 0.425 e. The molecule has 0 aliphatic heterocycles. The van der Waals surface area contributed by atoms with Gasteiger partial charge in [-0.3, -0.25) is 0 Å². The van der Waals surface area contributed by atoms with E-state index in [0.29, 0.717) is 6.92 Å². The van der Waals surface area contributed by atoms with Crippen LogP contribution in [0.15, 0.2) is 0 Å². The van der Waals surface area contributed by atoms with E-state index in [1.54, 1.807) is 0 Å². The van der Waals surface area contributed by atoms with Crippen molar-refractivity contribution >= 4 is 11.9 Å². The van der Waals surface area contributed by atoms with E-state index in [1.165, 1.54) is 20.8 Å². The summed E-state index contributed by atoms with van der Waals surface area (Å²) in [5.74, 6) is -3.09. The standard InChI is InChI=1S/C9H13F3O4/c1-5(9(10,11)12)15-6(13)7(14)16-8(2,3)4/h5H,1-4H3. The second-order valence-corrected chi connectivity index (χ2v) is 4.09. The molecule has 1 atom stereocenters. The summed E-state index contributed by atoms with van der Waals surface area (Å²) in [6, 6.07) is 0. The zero-order valence-corrected chi connectivity index (χ0v) is 9.34. The summed E-state index contributed by atoms with van der Waals surface area (Å²) in [7, 11) is 0. The van der Waals surface area contributed by atoms with Crippen LogP contribution in [0.4, 0.5) is 13.2 Å². The number of carbonyl (C=O) groups excluding carboxylic acids is 2. The third-order valence-corrected chi connectivity index (χ3v) is 1.31. The van der Waals surface area contributed by atoms with E-state index in [1.807, 2.05) is 0 Å². The van der Waals surface area contributed by atoms with Crippen LogP contribution in [0.5, 0.6) is 0 Å². The Morgan fingerprint density at radius 1 is 1.06 bits per heavy atom. The fourth-order valence-corrected chi connectivity index (χ4v) is 0.595. The van der Waals surface area contributed by atoms with Crippen molar-refractivity contribution in [3.63, 3.8) is 0 Å².